The van der Waals surface area contributed by atoms with Gasteiger partial charge in [0.25, 0.3) is 0 Å². The number of allylic oxidation sites excluding steroid dienone is 1. The molecule has 1 heterocycles. The second kappa shape index (κ2) is 12.6. The van der Waals surface area contributed by atoms with Crippen LogP contribution in [0.15, 0.2) is 34.6 Å². The van der Waals surface area contributed by atoms with E-state index in [1.54, 1.807) is 6.07 Å². The number of aliphatic hydroxyl groups excluding tert-OH is 5. The first-order valence-corrected chi connectivity index (χ1v) is 14.4. The van der Waals surface area contributed by atoms with Gasteiger partial charge in [0, 0.05) is 30.4 Å². The molecule has 1 saturated carbocycles. The number of Topliss-reactive ketones (excluding diaryl/α,β-unsaturated/α-hetero) is 1. The van der Waals surface area contributed by atoms with E-state index in [4.69, 9.17) is 9.47 Å². The van der Waals surface area contributed by atoms with Crippen LogP contribution in [0.25, 0.3) is 16.8 Å². The number of carboxylic acids is 2. The van der Waals surface area contributed by atoms with Crippen LogP contribution in [0.5, 0.6) is 5.75 Å². The molecule has 45 heavy (non-hydrogen) atoms. The number of carbonyl (C=O) groups is 3. The predicted molar refractivity (Wildman–Crippen MR) is 153 cm³/mol. The summed E-state index contributed by atoms with van der Waals surface area (Å²) in [6.45, 7) is -1.85. The number of aliphatic hydroxyl groups is 5. The Morgan fingerprint density at radius 1 is 0.956 bits per heavy atom. The minimum atomic E-state index is -2.66. The van der Waals surface area contributed by atoms with Crippen molar-refractivity contribution in [1.82, 2.24) is 0 Å². The minimum absolute atomic E-state index is 0.219. The van der Waals surface area contributed by atoms with Crippen molar-refractivity contribution in [3.63, 3.8) is 0 Å². The number of benzene rings is 1. The zero-order chi connectivity index (χ0) is 32.8. The molecule has 4 bridgehead atoms. The van der Waals surface area contributed by atoms with Gasteiger partial charge in [0.1, 0.15) is 18.0 Å². The van der Waals surface area contributed by atoms with E-state index in [0.717, 1.165) is 0 Å². The van der Waals surface area contributed by atoms with Crippen LogP contribution in [0.2, 0.25) is 0 Å². The number of carbonyl (C=O) groups excluding carboxylic acids is 1. The van der Waals surface area contributed by atoms with Gasteiger partial charge in [0.05, 0.1) is 37.2 Å². The fourth-order valence-corrected chi connectivity index (χ4v) is 6.54. The van der Waals surface area contributed by atoms with Crippen molar-refractivity contribution in [1.29, 1.82) is 0 Å². The Labute approximate surface area is 255 Å². The number of phenols is 1. The molecule has 0 spiro atoms. The van der Waals surface area contributed by atoms with E-state index in [0.29, 0.717) is 16.7 Å². The van der Waals surface area contributed by atoms with Crippen molar-refractivity contribution in [3.05, 3.63) is 56.8 Å². The molecule has 2 aromatic carbocycles. The van der Waals surface area contributed by atoms with E-state index in [-0.39, 0.29) is 41.8 Å². The molecule has 2 aromatic rings. The second-order valence-corrected chi connectivity index (χ2v) is 11.9. The van der Waals surface area contributed by atoms with Gasteiger partial charge in [-0.2, -0.15) is 0 Å². The number of hydrogen-bond donors (Lipinski definition) is 8. The number of fused-ring (bicyclic) bond motifs is 4. The van der Waals surface area contributed by atoms with Gasteiger partial charge in [-0.1, -0.05) is 6.07 Å². The molecule has 3 aliphatic rings. The lowest BCUT2D eigenvalue weighted by atomic mass is 9.78. The van der Waals surface area contributed by atoms with Gasteiger partial charge >= 0.3 is 11.9 Å². The number of carboxylic acid groups (broad SMARTS) is 2. The summed E-state index contributed by atoms with van der Waals surface area (Å²) in [4.78, 5) is 52.4. The molecule has 0 aromatic heterocycles. The number of ketones is 1. The number of phenolic OH excluding ortho intramolecular Hbond substituents is 1. The van der Waals surface area contributed by atoms with E-state index in [2.05, 4.69) is 0 Å². The highest BCUT2D eigenvalue weighted by atomic mass is 16.7. The summed E-state index contributed by atoms with van der Waals surface area (Å²) in [6.07, 6.45) is -6.62. The quantitative estimate of drug-likeness (QED) is 0.149. The molecule has 8 N–H and O–H groups in total. The molecule has 0 amide bonds. The number of aromatic hydroxyl groups is 1. The van der Waals surface area contributed by atoms with Crippen LogP contribution >= 0.6 is 0 Å². The second-order valence-electron chi connectivity index (χ2n) is 11.9. The number of ether oxygens (including phenoxy) is 2. The summed E-state index contributed by atoms with van der Waals surface area (Å²) in [6, 6.07) is 5.57. The standard InChI is InChI=1S/C31H34O14/c32-10-16-8-14-5-13-6-15(24(36)22-19(7-13)18(1-2-20(22)34)21(16)23(14)35)9-31(29(40)41,30(42)43)3-4-44-28-27(39)26(38)25(37)17(11-33)12-45-28/h1-2,5-7,16-17,21,25-28,32-34,37-39H,3-4,8-12H2,(H,40,41)(H,42,43)/b14-5+. The molecule has 242 valence electrons. The highest BCUT2D eigenvalue weighted by Gasteiger charge is 2.48. The normalized spacial score (nSPS) is 29.1. The molecule has 2 aliphatic carbocycles. The summed E-state index contributed by atoms with van der Waals surface area (Å²) in [7, 11) is 0. The number of hydrogen-bond acceptors (Lipinski definition) is 12. The van der Waals surface area contributed by atoms with Crippen LogP contribution in [-0.4, -0.2) is 110 Å². The third-order valence-electron chi connectivity index (χ3n) is 9.18. The fraction of sp³-hybridized carbons (Fsp3) is 0.484. The van der Waals surface area contributed by atoms with Crippen molar-refractivity contribution >= 4 is 34.6 Å². The predicted octanol–water partition coefficient (Wildman–Crippen LogP) is -0.880. The first kappa shape index (κ1) is 32.6. The van der Waals surface area contributed by atoms with Crippen LogP contribution < -0.4 is 5.43 Å². The summed E-state index contributed by atoms with van der Waals surface area (Å²) < 4.78 is 10.8. The molecule has 14 heteroatoms. The summed E-state index contributed by atoms with van der Waals surface area (Å²) in [5.74, 6) is -6.50. The zero-order valence-corrected chi connectivity index (χ0v) is 23.9. The minimum Gasteiger partial charge on any atom is -0.507 e. The Balaban J connectivity index is 1.53. The van der Waals surface area contributed by atoms with Crippen molar-refractivity contribution in [2.75, 3.05) is 26.4 Å². The molecule has 7 unspecified atom stereocenters. The maximum absolute atomic E-state index is 13.9. The fourth-order valence-electron chi connectivity index (χ4n) is 6.54. The lowest BCUT2D eigenvalue weighted by Gasteiger charge is -2.28. The third kappa shape index (κ3) is 5.63. The van der Waals surface area contributed by atoms with Gasteiger partial charge in [0.2, 0.25) is 0 Å². The molecule has 0 radical (unpaired) electrons. The first-order valence-electron chi connectivity index (χ1n) is 14.4. The van der Waals surface area contributed by atoms with E-state index >= 15 is 0 Å². The average molecular weight is 631 g/mol. The Morgan fingerprint density at radius 3 is 2.29 bits per heavy atom. The van der Waals surface area contributed by atoms with Gasteiger partial charge in [0.15, 0.2) is 22.9 Å². The third-order valence-corrected chi connectivity index (χ3v) is 9.18. The largest absolute Gasteiger partial charge is 0.507 e. The molecule has 14 nitrogen and oxygen atoms in total. The van der Waals surface area contributed by atoms with Gasteiger partial charge in [-0.25, -0.2) is 0 Å². The number of rotatable bonds is 10. The van der Waals surface area contributed by atoms with Crippen molar-refractivity contribution in [2.24, 2.45) is 17.3 Å². The molecule has 1 saturated heterocycles. The highest BCUT2D eigenvalue weighted by Crippen LogP contribution is 2.45. The smallest absolute Gasteiger partial charge is 0.321 e. The maximum Gasteiger partial charge on any atom is 0.321 e. The molecule has 1 aliphatic heterocycles. The number of aliphatic carboxylic acids is 2. The van der Waals surface area contributed by atoms with Crippen molar-refractivity contribution in [3.8, 4) is 5.75 Å². The molecule has 7 atom stereocenters. The summed E-state index contributed by atoms with van der Waals surface area (Å²) >= 11 is 0. The Bertz CT molecular complexity index is 1600. The first-order chi connectivity index (χ1) is 21.3. The average Bonchev–Trinajstić information content (AvgIpc) is 3.21. The Hall–Kier alpha value is -3.76. The van der Waals surface area contributed by atoms with Crippen molar-refractivity contribution < 1.29 is 64.7 Å². The van der Waals surface area contributed by atoms with Crippen LogP contribution in [0.4, 0.5) is 0 Å². The highest BCUT2D eigenvalue weighted by molar-refractivity contribution is 6.10. The van der Waals surface area contributed by atoms with Gasteiger partial charge in [-0.05, 0) is 59.2 Å². The molecule has 2 fully saturated rings. The topological polar surface area (TPSA) is 249 Å². The Kier molecular flexibility index (Phi) is 9.11. The SMILES string of the molecule is O=C1/C2=C/c3cc(CC(CCOC4OCC(CO)C(O)C(O)C4O)(C(=O)O)C(=O)O)c(=O)c4c(O)ccc(c4c3)C1C(CO)C2. The van der Waals surface area contributed by atoms with E-state index in [1.165, 1.54) is 24.3 Å². The molecular formula is C31H34O14. The van der Waals surface area contributed by atoms with Crippen molar-refractivity contribution in [2.45, 2.75) is 49.8 Å². The van der Waals surface area contributed by atoms with Crippen LogP contribution in [0, 0.1) is 17.3 Å². The molecule has 5 rings (SSSR count). The van der Waals surface area contributed by atoms with Crippen LogP contribution in [0.3, 0.4) is 0 Å². The summed E-state index contributed by atoms with van der Waals surface area (Å²) in [5, 5.41) is 81.3. The van der Waals surface area contributed by atoms with Gasteiger partial charge < -0.3 is 50.3 Å². The zero-order valence-electron chi connectivity index (χ0n) is 23.9. The monoisotopic (exact) mass is 630 g/mol. The Morgan fingerprint density at radius 2 is 1.64 bits per heavy atom. The van der Waals surface area contributed by atoms with Crippen LogP contribution in [0.1, 0.15) is 35.4 Å². The van der Waals surface area contributed by atoms with E-state index in [1.807, 2.05) is 0 Å². The van der Waals surface area contributed by atoms with Gasteiger partial charge in [-0.15, -0.1) is 0 Å². The van der Waals surface area contributed by atoms with E-state index in [9.17, 15) is 60.0 Å². The molecular weight excluding hydrogens is 596 g/mol. The van der Waals surface area contributed by atoms with E-state index < -0.39 is 96.9 Å². The summed E-state index contributed by atoms with van der Waals surface area (Å²) in [5.41, 5.74) is -2.69. The van der Waals surface area contributed by atoms with Gasteiger partial charge in [-0.3, -0.25) is 19.2 Å². The maximum atomic E-state index is 13.9. The van der Waals surface area contributed by atoms with Crippen LogP contribution in [-0.2, 0) is 30.3 Å². The lowest BCUT2D eigenvalue weighted by molar-refractivity contribution is -0.212. The lowest BCUT2D eigenvalue weighted by Crippen LogP contribution is -2.47.